The maximum atomic E-state index is 12.7. The largest absolute Gasteiger partial charge is 0.379 e. The minimum absolute atomic E-state index is 0.00825. The number of hydrogen-bond donors (Lipinski definition) is 0. The van der Waals surface area contributed by atoms with Crippen molar-refractivity contribution in [2.75, 3.05) is 33.4 Å². The molecule has 0 spiro atoms. The number of morpholine rings is 1. The molecule has 162 valence electrons. The summed E-state index contributed by atoms with van der Waals surface area (Å²) < 4.78 is 32.0. The molecule has 0 aliphatic carbocycles. The number of amides is 1. The molecule has 0 N–H and O–H groups in total. The lowest BCUT2D eigenvalue weighted by molar-refractivity contribution is -0.130. The summed E-state index contributed by atoms with van der Waals surface area (Å²) in [6.45, 7) is 1.99. The zero-order valence-electron chi connectivity index (χ0n) is 16.7. The molecule has 0 saturated carbocycles. The molecule has 0 atom stereocenters. The number of benzene rings is 2. The Bertz CT molecular complexity index is 991. The van der Waals surface area contributed by atoms with Gasteiger partial charge in [-0.1, -0.05) is 41.4 Å². The fourth-order valence-corrected chi connectivity index (χ4v) is 4.93. The Labute approximate surface area is 187 Å². The van der Waals surface area contributed by atoms with E-state index in [1.54, 1.807) is 48.3 Å². The highest BCUT2D eigenvalue weighted by Crippen LogP contribution is 2.23. The molecule has 1 amide bonds. The van der Waals surface area contributed by atoms with Crippen LogP contribution in [-0.4, -0.2) is 56.9 Å². The van der Waals surface area contributed by atoms with Gasteiger partial charge >= 0.3 is 0 Å². The quantitative estimate of drug-likeness (QED) is 0.619. The molecule has 1 saturated heterocycles. The van der Waals surface area contributed by atoms with E-state index in [4.69, 9.17) is 27.9 Å². The predicted octanol–water partition coefficient (Wildman–Crippen LogP) is 3.61. The zero-order chi connectivity index (χ0) is 21.7. The van der Waals surface area contributed by atoms with Gasteiger partial charge in [-0.05, 0) is 41.8 Å². The topological polar surface area (TPSA) is 66.9 Å². The van der Waals surface area contributed by atoms with E-state index in [9.17, 15) is 13.2 Å². The molecule has 30 heavy (non-hydrogen) atoms. The smallest absolute Gasteiger partial charge is 0.243 e. The summed E-state index contributed by atoms with van der Waals surface area (Å²) in [4.78, 5) is 14.4. The molecular formula is C21H24Cl2N2O4S. The maximum absolute atomic E-state index is 12.7. The minimum Gasteiger partial charge on any atom is -0.379 e. The Balaban J connectivity index is 1.55. The first-order valence-corrected chi connectivity index (χ1v) is 11.8. The molecule has 6 nitrogen and oxygen atoms in total. The number of ether oxygens (including phenoxy) is 1. The number of halogens is 2. The maximum Gasteiger partial charge on any atom is 0.243 e. The Morgan fingerprint density at radius 1 is 1.03 bits per heavy atom. The van der Waals surface area contributed by atoms with Gasteiger partial charge in [-0.3, -0.25) is 4.79 Å². The van der Waals surface area contributed by atoms with Crippen molar-refractivity contribution in [3.05, 3.63) is 63.6 Å². The highest BCUT2D eigenvalue weighted by molar-refractivity contribution is 7.89. The SMILES string of the molecule is CN(Cc1ccc(Cl)c(Cl)c1)C(=O)CCc1ccc(S(=O)(=O)N2CCOCC2)cc1. The van der Waals surface area contributed by atoms with Crippen molar-refractivity contribution in [2.45, 2.75) is 24.3 Å². The molecule has 3 rings (SSSR count). The second kappa shape index (κ2) is 10.1. The third kappa shape index (κ3) is 5.74. The lowest BCUT2D eigenvalue weighted by atomic mass is 10.1. The minimum atomic E-state index is -3.51. The van der Waals surface area contributed by atoms with Crippen molar-refractivity contribution in [2.24, 2.45) is 0 Å². The van der Waals surface area contributed by atoms with E-state index >= 15 is 0 Å². The van der Waals surface area contributed by atoms with Crippen LogP contribution in [0.1, 0.15) is 17.5 Å². The highest BCUT2D eigenvalue weighted by Gasteiger charge is 2.26. The van der Waals surface area contributed by atoms with Crippen LogP contribution in [-0.2, 0) is 32.5 Å². The predicted molar refractivity (Wildman–Crippen MR) is 117 cm³/mol. The Morgan fingerprint density at radius 3 is 2.30 bits per heavy atom. The van der Waals surface area contributed by atoms with E-state index in [-0.39, 0.29) is 10.8 Å². The van der Waals surface area contributed by atoms with Gasteiger partial charge in [0.2, 0.25) is 15.9 Å². The van der Waals surface area contributed by atoms with Crippen molar-refractivity contribution in [3.8, 4) is 0 Å². The Morgan fingerprint density at radius 2 is 1.67 bits per heavy atom. The average Bonchev–Trinajstić information content (AvgIpc) is 2.75. The van der Waals surface area contributed by atoms with Gasteiger partial charge in [-0.15, -0.1) is 0 Å². The fourth-order valence-electron chi connectivity index (χ4n) is 3.21. The van der Waals surface area contributed by atoms with E-state index in [0.29, 0.717) is 55.7 Å². The van der Waals surface area contributed by atoms with Crippen LogP contribution in [0.3, 0.4) is 0 Å². The molecule has 0 radical (unpaired) electrons. The normalized spacial score (nSPS) is 15.2. The first kappa shape index (κ1) is 23.0. The Kier molecular flexibility index (Phi) is 7.76. The summed E-state index contributed by atoms with van der Waals surface area (Å²) in [7, 11) is -1.77. The van der Waals surface area contributed by atoms with Gasteiger partial charge in [-0.2, -0.15) is 4.31 Å². The summed E-state index contributed by atoms with van der Waals surface area (Å²) in [5.74, 6) is -0.00825. The number of aryl methyl sites for hydroxylation is 1. The Hall–Kier alpha value is -1.64. The average molecular weight is 471 g/mol. The van der Waals surface area contributed by atoms with Crippen LogP contribution < -0.4 is 0 Å². The van der Waals surface area contributed by atoms with E-state index < -0.39 is 10.0 Å². The summed E-state index contributed by atoms with van der Waals surface area (Å²) in [5, 5.41) is 0.940. The van der Waals surface area contributed by atoms with Crippen molar-refractivity contribution in [1.29, 1.82) is 0 Å². The van der Waals surface area contributed by atoms with Crippen molar-refractivity contribution >= 4 is 39.1 Å². The van der Waals surface area contributed by atoms with Gasteiger partial charge < -0.3 is 9.64 Å². The molecule has 1 heterocycles. The molecule has 2 aromatic carbocycles. The van der Waals surface area contributed by atoms with E-state index in [1.807, 2.05) is 6.07 Å². The molecule has 1 fully saturated rings. The van der Waals surface area contributed by atoms with Crippen molar-refractivity contribution < 1.29 is 17.9 Å². The second-order valence-electron chi connectivity index (χ2n) is 7.16. The molecule has 9 heteroatoms. The summed E-state index contributed by atoms with van der Waals surface area (Å²) in [6, 6.07) is 12.0. The van der Waals surface area contributed by atoms with Crippen LogP contribution >= 0.6 is 23.2 Å². The lowest BCUT2D eigenvalue weighted by Gasteiger charge is -2.26. The van der Waals surface area contributed by atoms with Crippen LogP contribution in [0, 0.1) is 0 Å². The van der Waals surface area contributed by atoms with Crippen molar-refractivity contribution in [3.63, 3.8) is 0 Å². The van der Waals surface area contributed by atoms with Crippen LogP contribution in [0.4, 0.5) is 0 Å². The molecule has 1 aliphatic rings. The van der Waals surface area contributed by atoms with E-state index in [0.717, 1.165) is 11.1 Å². The monoisotopic (exact) mass is 470 g/mol. The third-order valence-electron chi connectivity index (χ3n) is 4.99. The van der Waals surface area contributed by atoms with Gasteiger partial charge in [-0.25, -0.2) is 8.42 Å². The van der Waals surface area contributed by atoms with Gasteiger partial charge in [0.15, 0.2) is 0 Å². The molecule has 0 aromatic heterocycles. The van der Waals surface area contributed by atoms with E-state index in [2.05, 4.69) is 0 Å². The molecule has 0 bridgehead atoms. The first-order valence-electron chi connectivity index (χ1n) is 9.62. The third-order valence-corrected chi connectivity index (χ3v) is 7.64. The first-order chi connectivity index (χ1) is 14.3. The summed E-state index contributed by atoms with van der Waals surface area (Å²) in [5.41, 5.74) is 1.81. The molecule has 1 aliphatic heterocycles. The fraction of sp³-hybridized carbons (Fsp3) is 0.381. The van der Waals surface area contributed by atoms with Crippen LogP contribution in [0.5, 0.6) is 0 Å². The number of nitrogens with zero attached hydrogens (tertiary/aromatic N) is 2. The van der Waals surface area contributed by atoms with Crippen LogP contribution in [0.15, 0.2) is 47.4 Å². The van der Waals surface area contributed by atoms with Gasteiger partial charge in [0.05, 0.1) is 28.2 Å². The van der Waals surface area contributed by atoms with E-state index in [1.165, 1.54) is 4.31 Å². The number of rotatable bonds is 7. The lowest BCUT2D eigenvalue weighted by Crippen LogP contribution is -2.40. The van der Waals surface area contributed by atoms with Gasteiger partial charge in [0.1, 0.15) is 0 Å². The summed E-state index contributed by atoms with van der Waals surface area (Å²) in [6.07, 6.45) is 0.857. The highest BCUT2D eigenvalue weighted by atomic mass is 35.5. The number of hydrogen-bond acceptors (Lipinski definition) is 4. The van der Waals surface area contributed by atoms with Gasteiger partial charge in [0.25, 0.3) is 0 Å². The number of carbonyl (C=O) groups is 1. The second-order valence-corrected chi connectivity index (χ2v) is 9.91. The standard InChI is InChI=1S/C21H24Cl2N2O4S/c1-24(15-17-4-8-19(22)20(23)14-17)21(26)9-5-16-2-6-18(7-3-16)30(27,28)25-10-12-29-13-11-25/h2-4,6-8,14H,5,9-13,15H2,1H3. The molecule has 2 aromatic rings. The van der Waals surface area contributed by atoms with Crippen LogP contribution in [0.25, 0.3) is 0 Å². The molecular weight excluding hydrogens is 447 g/mol. The zero-order valence-corrected chi connectivity index (χ0v) is 19.0. The van der Waals surface area contributed by atoms with Crippen LogP contribution in [0.2, 0.25) is 10.0 Å². The van der Waals surface area contributed by atoms with Crippen molar-refractivity contribution in [1.82, 2.24) is 9.21 Å². The molecule has 0 unspecified atom stereocenters. The summed E-state index contributed by atoms with van der Waals surface area (Å²) >= 11 is 11.9. The number of sulfonamides is 1. The number of carbonyl (C=O) groups excluding carboxylic acids is 1. The van der Waals surface area contributed by atoms with Gasteiger partial charge in [0, 0.05) is 33.1 Å².